The largest absolute Gasteiger partial charge is 0.349 e. The highest BCUT2D eigenvalue weighted by atomic mass is 32.2. The molecule has 0 spiro atoms. The Hall–Kier alpha value is -2.67. The van der Waals surface area contributed by atoms with Crippen LogP contribution in [0.3, 0.4) is 0 Å². The molecule has 6 nitrogen and oxygen atoms in total. The first kappa shape index (κ1) is 20.6. The minimum Gasteiger partial charge on any atom is -0.349 e. The molecule has 3 aromatic rings. The van der Waals surface area contributed by atoms with Crippen LogP contribution in [0, 0.1) is 0 Å². The third kappa shape index (κ3) is 4.56. The van der Waals surface area contributed by atoms with Gasteiger partial charge < -0.3 is 9.88 Å². The fourth-order valence-electron chi connectivity index (χ4n) is 3.91. The van der Waals surface area contributed by atoms with Crippen LogP contribution in [-0.4, -0.2) is 31.4 Å². The number of fused-ring (bicyclic) bond motifs is 1. The van der Waals surface area contributed by atoms with Crippen molar-refractivity contribution in [1.82, 2.24) is 25.1 Å². The van der Waals surface area contributed by atoms with E-state index in [0.29, 0.717) is 5.75 Å². The van der Waals surface area contributed by atoms with Crippen molar-refractivity contribution in [3.05, 3.63) is 59.4 Å². The molecule has 4 rings (SSSR count). The van der Waals surface area contributed by atoms with Crippen LogP contribution in [0.15, 0.2) is 47.9 Å². The van der Waals surface area contributed by atoms with Gasteiger partial charge in [0.05, 0.1) is 11.8 Å². The summed E-state index contributed by atoms with van der Waals surface area (Å²) in [6.07, 6.45) is 8.34. The molecule has 1 amide bonds. The Kier molecular flexibility index (Phi) is 6.47. The van der Waals surface area contributed by atoms with E-state index in [1.165, 1.54) is 47.7 Å². The molecule has 0 aliphatic heterocycles. The number of carbonyl (C=O) groups is 1. The van der Waals surface area contributed by atoms with Crippen LogP contribution in [0.2, 0.25) is 0 Å². The van der Waals surface area contributed by atoms with Crippen molar-refractivity contribution >= 4 is 17.7 Å². The number of aryl methyl sites for hydroxylation is 2. The number of pyridine rings is 1. The maximum absolute atomic E-state index is 12.6. The van der Waals surface area contributed by atoms with E-state index in [1.807, 2.05) is 23.6 Å². The minimum atomic E-state index is -0.0123. The summed E-state index contributed by atoms with van der Waals surface area (Å²) >= 11 is 1.42. The Morgan fingerprint density at radius 1 is 1.13 bits per heavy atom. The summed E-state index contributed by atoms with van der Waals surface area (Å²) in [5, 5.41) is 12.5. The number of nitrogens with zero attached hydrogens (tertiary/aromatic N) is 4. The number of carbonyl (C=O) groups excluding carboxylic acids is 1. The number of nitrogens with one attached hydrogen (secondary N) is 1. The zero-order valence-corrected chi connectivity index (χ0v) is 18.3. The van der Waals surface area contributed by atoms with Crippen LogP contribution < -0.4 is 5.32 Å². The highest BCUT2D eigenvalue weighted by molar-refractivity contribution is 7.99. The molecule has 2 aromatic heterocycles. The van der Waals surface area contributed by atoms with Crippen LogP contribution >= 0.6 is 11.8 Å². The summed E-state index contributed by atoms with van der Waals surface area (Å²) in [7, 11) is 0. The number of aromatic nitrogens is 4. The first-order valence-electron chi connectivity index (χ1n) is 10.5. The second kappa shape index (κ2) is 9.43. The molecule has 0 saturated carbocycles. The van der Waals surface area contributed by atoms with Crippen molar-refractivity contribution in [2.45, 2.75) is 57.3 Å². The third-order valence-electron chi connectivity index (χ3n) is 5.55. The zero-order chi connectivity index (χ0) is 20.9. The molecule has 1 N–H and O–H groups in total. The van der Waals surface area contributed by atoms with E-state index >= 15 is 0 Å². The predicted octanol–water partition coefficient (Wildman–Crippen LogP) is 4.21. The molecule has 7 heteroatoms. The predicted molar refractivity (Wildman–Crippen MR) is 119 cm³/mol. The second-order valence-corrected chi connectivity index (χ2v) is 8.54. The molecule has 1 unspecified atom stereocenters. The van der Waals surface area contributed by atoms with Crippen LogP contribution in [-0.2, 0) is 24.2 Å². The van der Waals surface area contributed by atoms with E-state index in [0.717, 1.165) is 29.5 Å². The van der Waals surface area contributed by atoms with Gasteiger partial charge >= 0.3 is 0 Å². The molecule has 156 valence electrons. The van der Waals surface area contributed by atoms with Crippen molar-refractivity contribution in [3.63, 3.8) is 0 Å². The molecule has 1 aliphatic carbocycles. The van der Waals surface area contributed by atoms with Gasteiger partial charge in [-0.3, -0.25) is 9.78 Å². The first-order valence-corrected chi connectivity index (χ1v) is 11.5. The van der Waals surface area contributed by atoms with Crippen LogP contribution in [0.5, 0.6) is 0 Å². The Labute approximate surface area is 181 Å². The lowest BCUT2D eigenvalue weighted by molar-refractivity contribution is -0.119. The summed E-state index contributed by atoms with van der Waals surface area (Å²) in [5.74, 6) is 1.11. The molecule has 0 saturated heterocycles. The Balaban J connectivity index is 1.37. The van der Waals surface area contributed by atoms with Gasteiger partial charge in [-0.25, -0.2) is 0 Å². The molecule has 2 heterocycles. The van der Waals surface area contributed by atoms with Crippen molar-refractivity contribution in [1.29, 1.82) is 0 Å². The Morgan fingerprint density at radius 3 is 2.67 bits per heavy atom. The number of thioether (sulfide) groups is 1. The normalized spacial score (nSPS) is 14.2. The molecule has 30 heavy (non-hydrogen) atoms. The average Bonchev–Trinajstić information content (AvgIpc) is 3.21. The van der Waals surface area contributed by atoms with Gasteiger partial charge in [-0.15, -0.1) is 10.2 Å². The molecule has 1 aromatic carbocycles. The molecular formula is C23H27N5OS. The van der Waals surface area contributed by atoms with Gasteiger partial charge in [0.15, 0.2) is 11.0 Å². The van der Waals surface area contributed by atoms with Gasteiger partial charge in [0.25, 0.3) is 0 Å². The molecule has 1 aliphatic rings. The van der Waals surface area contributed by atoms with Crippen LogP contribution in [0.4, 0.5) is 0 Å². The monoisotopic (exact) mass is 421 g/mol. The second-order valence-electron chi connectivity index (χ2n) is 7.60. The third-order valence-corrected chi connectivity index (χ3v) is 6.52. The van der Waals surface area contributed by atoms with Crippen molar-refractivity contribution in [3.8, 4) is 11.4 Å². The molecular weight excluding hydrogens is 394 g/mol. The number of hydrogen-bond donors (Lipinski definition) is 1. The van der Waals surface area contributed by atoms with Crippen molar-refractivity contribution < 1.29 is 4.79 Å². The van der Waals surface area contributed by atoms with Gasteiger partial charge in [-0.1, -0.05) is 30.0 Å². The van der Waals surface area contributed by atoms with Gasteiger partial charge in [0, 0.05) is 24.5 Å². The zero-order valence-electron chi connectivity index (χ0n) is 17.5. The SMILES string of the molecule is CCn1c(SCC(=O)NC(C)c2ccc3c(c2)CCCC3)nnc1-c1ccncc1. The Bertz CT molecular complexity index is 1020. The number of hydrogen-bond acceptors (Lipinski definition) is 5. The fraction of sp³-hybridized carbons (Fsp3) is 0.391. The van der Waals surface area contributed by atoms with Gasteiger partial charge in [0.1, 0.15) is 0 Å². The molecule has 0 fully saturated rings. The van der Waals surface area contributed by atoms with E-state index < -0.39 is 0 Å². The maximum atomic E-state index is 12.6. The van der Waals surface area contributed by atoms with Gasteiger partial charge in [-0.2, -0.15) is 0 Å². The highest BCUT2D eigenvalue weighted by Crippen LogP contribution is 2.26. The number of rotatable bonds is 7. The fourth-order valence-corrected chi connectivity index (χ4v) is 4.73. The molecule has 0 radical (unpaired) electrons. The number of benzene rings is 1. The van der Waals surface area contributed by atoms with E-state index in [1.54, 1.807) is 12.4 Å². The molecule has 1 atom stereocenters. The lowest BCUT2D eigenvalue weighted by Gasteiger charge is -2.20. The lowest BCUT2D eigenvalue weighted by atomic mass is 9.89. The van der Waals surface area contributed by atoms with Crippen molar-refractivity contribution in [2.24, 2.45) is 0 Å². The van der Waals surface area contributed by atoms with Gasteiger partial charge in [0.2, 0.25) is 5.91 Å². The van der Waals surface area contributed by atoms with Crippen LogP contribution in [0.1, 0.15) is 49.4 Å². The van der Waals surface area contributed by atoms with E-state index in [9.17, 15) is 4.79 Å². The van der Waals surface area contributed by atoms with E-state index in [2.05, 4.69) is 45.6 Å². The average molecular weight is 422 g/mol. The summed E-state index contributed by atoms with van der Waals surface area (Å²) in [6, 6.07) is 10.5. The minimum absolute atomic E-state index is 0.00124. The first-order chi connectivity index (χ1) is 14.7. The smallest absolute Gasteiger partial charge is 0.230 e. The van der Waals surface area contributed by atoms with Crippen LogP contribution in [0.25, 0.3) is 11.4 Å². The maximum Gasteiger partial charge on any atom is 0.230 e. The van der Waals surface area contributed by atoms with Crippen molar-refractivity contribution in [2.75, 3.05) is 5.75 Å². The Morgan fingerprint density at radius 2 is 1.90 bits per heavy atom. The molecule has 0 bridgehead atoms. The topological polar surface area (TPSA) is 72.7 Å². The lowest BCUT2D eigenvalue weighted by Crippen LogP contribution is -2.28. The summed E-state index contributed by atoms with van der Waals surface area (Å²) in [6.45, 7) is 4.83. The van der Waals surface area contributed by atoms with E-state index in [4.69, 9.17) is 0 Å². The summed E-state index contributed by atoms with van der Waals surface area (Å²) in [4.78, 5) is 16.6. The number of amides is 1. The highest BCUT2D eigenvalue weighted by Gasteiger charge is 2.17. The van der Waals surface area contributed by atoms with E-state index in [-0.39, 0.29) is 11.9 Å². The van der Waals surface area contributed by atoms with Gasteiger partial charge in [-0.05, 0) is 68.4 Å². The summed E-state index contributed by atoms with van der Waals surface area (Å²) in [5.41, 5.74) is 5.04. The summed E-state index contributed by atoms with van der Waals surface area (Å²) < 4.78 is 2.03. The standard InChI is InChI=1S/C23H27N5OS/c1-3-28-22(18-10-12-24-13-11-18)26-27-23(28)30-15-21(29)25-16(2)19-9-8-17-6-4-5-7-20(17)14-19/h8-14,16H,3-7,15H2,1-2H3,(H,25,29). The quantitative estimate of drug-likeness (QED) is 0.579.